The molecule has 0 fully saturated rings. The number of imidazole rings is 1. The van der Waals surface area contributed by atoms with Gasteiger partial charge in [-0.25, -0.2) is 15.0 Å². The minimum atomic E-state index is -0.256. The third-order valence-electron chi connectivity index (χ3n) is 5.64. The fourth-order valence-corrected chi connectivity index (χ4v) is 5.54. The Morgan fingerprint density at radius 2 is 1.79 bits per heavy atom. The third-order valence-corrected chi connectivity index (χ3v) is 7.40. The maximum Gasteiger partial charge on any atom is 0.261 e. The lowest BCUT2D eigenvalue weighted by Gasteiger charge is -2.12. The fraction of sp³-hybridized carbons (Fsp3) is 0.125. The highest BCUT2D eigenvalue weighted by atomic mass is 32.1. The number of imide groups is 1. The molecule has 5 aromatic rings. The second-order valence-electron chi connectivity index (χ2n) is 7.79. The second-order valence-corrected chi connectivity index (χ2v) is 9.54. The SMILES string of the molecule is Cc1csc(-c2nc(CCN3C(=O)c4ccccc4C3=O)[nH]c2-c2ccc3ncsc3c2)n1. The van der Waals surface area contributed by atoms with Gasteiger partial charge in [0.05, 0.1) is 32.5 Å². The van der Waals surface area contributed by atoms with E-state index in [0.29, 0.717) is 23.4 Å². The van der Waals surface area contributed by atoms with Crippen LogP contribution < -0.4 is 0 Å². The molecule has 0 spiro atoms. The molecule has 0 saturated heterocycles. The van der Waals surface area contributed by atoms with Crippen LogP contribution in [0.5, 0.6) is 0 Å². The average Bonchev–Trinajstić information content (AvgIpc) is 3.60. The van der Waals surface area contributed by atoms with Crippen molar-refractivity contribution in [2.75, 3.05) is 6.54 Å². The molecule has 2 aromatic carbocycles. The quantitative estimate of drug-likeness (QED) is 0.366. The Labute approximate surface area is 196 Å². The lowest BCUT2D eigenvalue weighted by Crippen LogP contribution is -2.31. The molecule has 1 aliphatic heterocycles. The molecule has 4 heterocycles. The van der Waals surface area contributed by atoms with Gasteiger partial charge in [-0.3, -0.25) is 14.5 Å². The van der Waals surface area contributed by atoms with Crippen molar-refractivity contribution >= 4 is 44.7 Å². The zero-order chi connectivity index (χ0) is 22.5. The number of thiazole rings is 2. The van der Waals surface area contributed by atoms with Crippen LogP contribution in [0.4, 0.5) is 0 Å². The van der Waals surface area contributed by atoms with E-state index in [1.54, 1.807) is 46.9 Å². The van der Waals surface area contributed by atoms with Gasteiger partial charge in [0, 0.05) is 29.6 Å². The first-order chi connectivity index (χ1) is 16.1. The third kappa shape index (κ3) is 3.37. The van der Waals surface area contributed by atoms with E-state index >= 15 is 0 Å². The lowest BCUT2D eigenvalue weighted by molar-refractivity contribution is 0.0655. The molecule has 0 saturated carbocycles. The summed E-state index contributed by atoms with van der Waals surface area (Å²) in [5.74, 6) is 0.191. The van der Waals surface area contributed by atoms with Gasteiger partial charge in [-0.15, -0.1) is 22.7 Å². The maximum atomic E-state index is 12.7. The van der Waals surface area contributed by atoms with Crippen LogP contribution in [0.25, 0.3) is 32.2 Å². The summed E-state index contributed by atoms with van der Waals surface area (Å²) in [6.45, 7) is 2.21. The number of carbonyl (C=O) groups excluding carboxylic acids is 2. The molecular formula is C24H17N5O2S2. The van der Waals surface area contributed by atoms with Crippen molar-refractivity contribution in [1.82, 2.24) is 24.8 Å². The van der Waals surface area contributed by atoms with Crippen molar-refractivity contribution in [2.45, 2.75) is 13.3 Å². The Morgan fingerprint density at radius 1 is 1.00 bits per heavy atom. The molecule has 6 rings (SSSR count). The number of nitrogens with zero attached hydrogens (tertiary/aromatic N) is 4. The molecule has 2 amide bonds. The summed E-state index contributed by atoms with van der Waals surface area (Å²) < 4.78 is 1.09. The minimum Gasteiger partial charge on any atom is -0.341 e. The highest BCUT2D eigenvalue weighted by molar-refractivity contribution is 7.16. The van der Waals surface area contributed by atoms with E-state index < -0.39 is 0 Å². The number of carbonyl (C=O) groups is 2. The molecule has 9 heteroatoms. The Kier molecular flexibility index (Phi) is 4.67. The molecule has 162 valence electrons. The van der Waals surface area contributed by atoms with Crippen molar-refractivity contribution in [2.24, 2.45) is 0 Å². The van der Waals surface area contributed by atoms with Gasteiger partial charge in [0.2, 0.25) is 0 Å². The van der Waals surface area contributed by atoms with Gasteiger partial charge in [0.1, 0.15) is 16.5 Å². The number of benzene rings is 2. The standard InChI is InChI=1S/C24H17N5O2S2/c1-13-11-32-22(26-13)21-20(14-6-7-17-18(10-14)33-12-25-17)27-19(28-21)8-9-29-23(30)15-4-2-3-5-16(15)24(29)31/h2-7,10-12H,8-9H2,1H3,(H,27,28). The summed E-state index contributed by atoms with van der Waals surface area (Å²) in [6, 6.07) is 13.0. The molecule has 1 aliphatic rings. The Hall–Kier alpha value is -3.69. The Balaban J connectivity index is 1.34. The van der Waals surface area contributed by atoms with E-state index in [0.717, 1.165) is 37.9 Å². The van der Waals surface area contributed by atoms with Crippen LogP contribution in [0.15, 0.2) is 53.4 Å². The van der Waals surface area contributed by atoms with Crippen LogP contribution in [-0.2, 0) is 6.42 Å². The van der Waals surface area contributed by atoms with Gasteiger partial charge >= 0.3 is 0 Å². The van der Waals surface area contributed by atoms with E-state index in [-0.39, 0.29) is 18.4 Å². The smallest absolute Gasteiger partial charge is 0.261 e. The summed E-state index contributed by atoms with van der Waals surface area (Å²) in [7, 11) is 0. The highest BCUT2D eigenvalue weighted by Gasteiger charge is 2.34. The van der Waals surface area contributed by atoms with Crippen molar-refractivity contribution in [1.29, 1.82) is 0 Å². The van der Waals surface area contributed by atoms with Gasteiger partial charge in [0.25, 0.3) is 11.8 Å². The van der Waals surface area contributed by atoms with Crippen LogP contribution in [0.2, 0.25) is 0 Å². The number of hydrogen-bond donors (Lipinski definition) is 1. The largest absolute Gasteiger partial charge is 0.341 e. The molecule has 0 bridgehead atoms. The monoisotopic (exact) mass is 471 g/mol. The van der Waals surface area contributed by atoms with Gasteiger partial charge in [0.15, 0.2) is 0 Å². The number of aromatic amines is 1. The summed E-state index contributed by atoms with van der Waals surface area (Å²) in [6.07, 6.45) is 0.422. The number of aryl methyl sites for hydroxylation is 1. The Bertz CT molecular complexity index is 1510. The van der Waals surface area contributed by atoms with E-state index in [1.165, 1.54) is 4.90 Å². The minimum absolute atomic E-state index is 0.253. The van der Waals surface area contributed by atoms with Crippen molar-refractivity contribution in [3.8, 4) is 22.0 Å². The second kappa shape index (κ2) is 7.72. The van der Waals surface area contributed by atoms with Crippen LogP contribution >= 0.6 is 22.7 Å². The van der Waals surface area contributed by atoms with Crippen LogP contribution in [0.3, 0.4) is 0 Å². The summed E-state index contributed by atoms with van der Waals surface area (Å²) in [5, 5.41) is 2.83. The van der Waals surface area contributed by atoms with Crippen LogP contribution in [-0.4, -0.2) is 43.2 Å². The molecule has 33 heavy (non-hydrogen) atoms. The number of fused-ring (bicyclic) bond motifs is 2. The molecular weight excluding hydrogens is 454 g/mol. The molecule has 0 aliphatic carbocycles. The highest BCUT2D eigenvalue weighted by Crippen LogP contribution is 2.34. The number of amides is 2. The number of H-pyrrole nitrogens is 1. The molecule has 7 nitrogen and oxygen atoms in total. The predicted octanol–water partition coefficient (Wildman–Crippen LogP) is 4.96. The first kappa shape index (κ1) is 20.0. The average molecular weight is 472 g/mol. The number of nitrogens with one attached hydrogen (secondary N) is 1. The first-order valence-electron chi connectivity index (χ1n) is 10.4. The van der Waals surface area contributed by atoms with Gasteiger partial charge < -0.3 is 4.98 Å². The van der Waals surface area contributed by atoms with Crippen LogP contribution in [0.1, 0.15) is 32.2 Å². The van der Waals surface area contributed by atoms with E-state index in [1.807, 2.05) is 29.9 Å². The van der Waals surface area contributed by atoms with Crippen molar-refractivity contribution in [3.05, 3.63) is 76.0 Å². The topological polar surface area (TPSA) is 91.8 Å². The van der Waals surface area contributed by atoms with Gasteiger partial charge in [-0.1, -0.05) is 18.2 Å². The zero-order valence-corrected chi connectivity index (χ0v) is 19.2. The van der Waals surface area contributed by atoms with Crippen LogP contribution in [0, 0.1) is 6.92 Å². The predicted molar refractivity (Wildman–Crippen MR) is 129 cm³/mol. The van der Waals surface area contributed by atoms with Crippen molar-refractivity contribution < 1.29 is 9.59 Å². The number of aromatic nitrogens is 4. The summed E-state index contributed by atoms with van der Waals surface area (Å²) >= 11 is 3.13. The zero-order valence-electron chi connectivity index (χ0n) is 17.5. The molecule has 0 atom stereocenters. The molecule has 0 radical (unpaired) electrons. The normalized spacial score (nSPS) is 13.3. The Morgan fingerprint density at radius 3 is 2.52 bits per heavy atom. The molecule has 0 unspecified atom stereocenters. The van der Waals surface area contributed by atoms with Gasteiger partial charge in [-0.05, 0) is 31.2 Å². The van der Waals surface area contributed by atoms with E-state index in [4.69, 9.17) is 4.98 Å². The van der Waals surface area contributed by atoms with E-state index in [2.05, 4.69) is 21.0 Å². The molecule has 3 aromatic heterocycles. The lowest BCUT2D eigenvalue weighted by atomic mass is 10.1. The summed E-state index contributed by atoms with van der Waals surface area (Å²) in [5.41, 5.74) is 7.29. The summed E-state index contributed by atoms with van der Waals surface area (Å²) in [4.78, 5) is 44.0. The van der Waals surface area contributed by atoms with Gasteiger partial charge in [-0.2, -0.15) is 0 Å². The number of rotatable bonds is 5. The first-order valence-corrected chi connectivity index (χ1v) is 12.1. The molecule has 1 N–H and O–H groups in total. The van der Waals surface area contributed by atoms with E-state index in [9.17, 15) is 9.59 Å². The fourth-order valence-electron chi connectivity index (χ4n) is 4.04. The number of hydrogen-bond acceptors (Lipinski definition) is 7. The van der Waals surface area contributed by atoms with Crippen molar-refractivity contribution in [3.63, 3.8) is 0 Å². The maximum absolute atomic E-state index is 12.7.